The van der Waals surface area contributed by atoms with Gasteiger partial charge in [-0.3, -0.25) is 19.4 Å². The molecule has 3 heterocycles. The van der Waals surface area contributed by atoms with Gasteiger partial charge in [0, 0.05) is 25.6 Å². The summed E-state index contributed by atoms with van der Waals surface area (Å²) in [6.07, 6.45) is 0.682. The predicted molar refractivity (Wildman–Crippen MR) is 198 cm³/mol. The number of rotatable bonds is 13. The monoisotopic (exact) mass is 726 g/mol. The number of ketones is 1. The number of hydrogen-bond donors (Lipinski definition) is 3. The Morgan fingerprint density at radius 2 is 1.87 bits per heavy atom. The van der Waals surface area contributed by atoms with E-state index in [1.165, 1.54) is 17.4 Å². The van der Waals surface area contributed by atoms with Gasteiger partial charge in [0.15, 0.2) is 17.5 Å². The molecule has 2 aliphatic rings. The molecule has 4 amide bonds. The van der Waals surface area contributed by atoms with Crippen molar-refractivity contribution in [3.8, 4) is 11.5 Å². The van der Waals surface area contributed by atoms with E-state index < -0.39 is 12.2 Å². The van der Waals surface area contributed by atoms with Crippen LogP contribution in [0.4, 0.5) is 15.6 Å². The summed E-state index contributed by atoms with van der Waals surface area (Å²) in [6, 6.07) is 16.6. The summed E-state index contributed by atoms with van der Waals surface area (Å²) in [5, 5.41) is 6.74. The Morgan fingerprint density at radius 3 is 2.56 bits per heavy atom. The minimum atomic E-state index is -0.902. The molecule has 1 aromatic heterocycles. The van der Waals surface area contributed by atoms with Gasteiger partial charge in [-0.25, -0.2) is 9.78 Å². The highest BCUT2D eigenvalue weighted by Crippen LogP contribution is 2.34. The van der Waals surface area contributed by atoms with Crippen molar-refractivity contribution in [2.45, 2.75) is 51.6 Å². The zero-order valence-electron chi connectivity index (χ0n) is 29.3. The quantitative estimate of drug-likeness (QED) is 0.136. The van der Waals surface area contributed by atoms with Crippen LogP contribution in [0.2, 0.25) is 0 Å². The van der Waals surface area contributed by atoms with Crippen molar-refractivity contribution in [2.24, 2.45) is 0 Å². The molecular weight excluding hydrogens is 685 g/mol. The summed E-state index contributed by atoms with van der Waals surface area (Å²) >= 11 is 1.37. The summed E-state index contributed by atoms with van der Waals surface area (Å²) in [5.41, 5.74) is 15.7. The molecule has 0 bridgehead atoms. The third-order valence-electron chi connectivity index (χ3n) is 9.12. The van der Waals surface area contributed by atoms with Crippen LogP contribution in [0.5, 0.6) is 11.5 Å². The SMILES string of the molecule is C=CC(=O)COc1ccc(C[C@H]2C(=O)N(Cc3cccc4sc(N)nc34)C[C@H]3N2C(=O)CN3N(C(=O)NCc2ccc(OC)cc2)C(C)C)cc1N. The molecule has 0 radical (unpaired) electrons. The number of hydrogen-bond acceptors (Lipinski definition) is 11. The molecule has 0 aliphatic carbocycles. The Hall–Kier alpha value is -5.67. The number of aromatic nitrogens is 1. The summed E-state index contributed by atoms with van der Waals surface area (Å²) in [5.74, 6) is 0.215. The lowest BCUT2D eigenvalue weighted by Crippen LogP contribution is -2.66. The van der Waals surface area contributed by atoms with Crippen molar-refractivity contribution in [1.82, 2.24) is 30.1 Å². The first-order chi connectivity index (χ1) is 25.0. The Labute approximate surface area is 305 Å². The number of amides is 4. The molecule has 5 N–H and O–H groups in total. The van der Waals surface area contributed by atoms with Gasteiger partial charge in [-0.1, -0.05) is 48.2 Å². The van der Waals surface area contributed by atoms with E-state index in [4.69, 9.17) is 20.9 Å². The molecule has 2 atom stereocenters. The number of para-hydroxylation sites is 1. The first kappa shape index (κ1) is 36.1. The molecule has 0 spiro atoms. The number of hydrazine groups is 1. The number of nitrogen functional groups attached to an aromatic ring is 2. The van der Waals surface area contributed by atoms with Gasteiger partial charge in [0.2, 0.25) is 11.8 Å². The molecule has 15 heteroatoms. The van der Waals surface area contributed by atoms with Gasteiger partial charge >= 0.3 is 6.03 Å². The normalized spacial score (nSPS) is 17.4. The molecule has 4 aromatic rings. The van der Waals surface area contributed by atoms with Crippen LogP contribution in [0.1, 0.15) is 30.5 Å². The minimum absolute atomic E-state index is 0.0964. The van der Waals surface area contributed by atoms with E-state index >= 15 is 0 Å². The molecule has 272 valence electrons. The number of carbonyl (C=O) groups excluding carboxylic acids is 4. The molecule has 0 saturated carbocycles. The van der Waals surface area contributed by atoms with Crippen molar-refractivity contribution in [2.75, 3.05) is 38.3 Å². The second-order valence-corrected chi connectivity index (χ2v) is 14.0. The van der Waals surface area contributed by atoms with E-state index in [1.807, 2.05) is 56.3 Å². The molecule has 2 aliphatic heterocycles. The average molecular weight is 727 g/mol. The molecule has 2 fully saturated rings. The number of nitrogens with zero attached hydrogens (tertiary/aromatic N) is 5. The number of anilines is 2. The van der Waals surface area contributed by atoms with Crippen LogP contribution in [-0.4, -0.2) is 93.5 Å². The molecule has 52 heavy (non-hydrogen) atoms. The van der Waals surface area contributed by atoms with Gasteiger partial charge in [-0.15, -0.1) is 0 Å². The average Bonchev–Trinajstić information content (AvgIpc) is 3.67. The van der Waals surface area contributed by atoms with E-state index in [0.717, 1.165) is 21.3 Å². The first-order valence-electron chi connectivity index (χ1n) is 16.8. The summed E-state index contributed by atoms with van der Waals surface area (Å²) in [7, 11) is 1.59. The number of carbonyl (C=O) groups is 4. The number of nitrogens with two attached hydrogens (primary N) is 2. The maximum atomic E-state index is 14.4. The summed E-state index contributed by atoms with van der Waals surface area (Å²) in [4.78, 5) is 61.8. The Morgan fingerprint density at radius 1 is 1.12 bits per heavy atom. The highest BCUT2D eigenvalue weighted by atomic mass is 32.1. The lowest BCUT2D eigenvalue weighted by Gasteiger charge is -2.47. The van der Waals surface area contributed by atoms with Crippen molar-refractivity contribution in [3.63, 3.8) is 0 Å². The van der Waals surface area contributed by atoms with Gasteiger partial charge < -0.3 is 36.1 Å². The van der Waals surface area contributed by atoms with Crippen LogP contribution in [0.15, 0.2) is 73.3 Å². The van der Waals surface area contributed by atoms with E-state index in [-0.39, 0.29) is 74.6 Å². The Bertz CT molecular complexity index is 2000. The maximum absolute atomic E-state index is 14.4. The smallest absolute Gasteiger partial charge is 0.332 e. The number of methoxy groups -OCH3 is 1. The lowest BCUT2D eigenvalue weighted by molar-refractivity contribution is -0.158. The second-order valence-electron chi connectivity index (χ2n) is 12.9. The molecule has 2 saturated heterocycles. The summed E-state index contributed by atoms with van der Waals surface area (Å²) < 4.78 is 11.7. The van der Waals surface area contributed by atoms with Crippen LogP contribution in [-0.2, 0) is 33.9 Å². The molecule has 6 rings (SSSR count). The van der Waals surface area contributed by atoms with Crippen LogP contribution in [0, 0.1) is 0 Å². The number of piperazine rings is 1. The van der Waals surface area contributed by atoms with Crippen molar-refractivity contribution in [1.29, 1.82) is 0 Å². The van der Waals surface area contributed by atoms with Crippen LogP contribution in [0.3, 0.4) is 0 Å². The number of thiazole rings is 1. The highest BCUT2D eigenvalue weighted by molar-refractivity contribution is 7.22. The number of urea groups is 1. The largest absolute Gasteiger partial charge is 0.497 e. The standard InChI is InChI=1S/C37H42N8O6S/c1-5-26(46)21-51-30-14-11-24(15-28(30)38)16-29-35(48)42(18-25-7-6-8-31-34(25)41-36(39)52-31)19-32-43(20-33(47)44(29)32)45(22(2)3)37(49)40-17-23-9-12-27(50-4)13-10-23/h5-15,22,29,32H,1,16-21,38H2,2-4H3,(H2,39,41)(H,40,49)/t29-,32+/m0/s1. The van der Waals surface area contributed by atoms with Crippen molar-refractivity contribution in [3.05, 3.63) is 90.0 Å². The minimum Gasteiger partial charge on any atom is -0.497 e. The van der Waals surface area contributed by atoms with Gasteiger partial charge in [-0.05, 0) is 66.9 Å². The topological polar surface area (TPSA) is 177 Å². The lowest BCUT2D eigenvalue weighted by atomic mass is 9.99. The fourth-order valence-corrected chi connectivity index (χ4v) is 7.44. The Kier molecular flexibility index (Phi) is 10.6. The molecule has 14 nitrogen and oxygen atoms in total. The maximum Gasteiger partial charge on any atom is 0.332 e. The first-order valence-corrected chi connectivity index (χ1v) is 17.7. The highest BCUT2D eigenvalue weighted by Gasteiger charge is 2.52. The number of fused-ring (bicyclic) bond motifs is 2. The van der Waals surface area contributed by atoms with Crippen LogP contribution in [0.25, 0.3) is 10.2 Å². The zero-order valence-corrected chi connectivity index (χ0v) is 30.1. The number of nitrogens with one attached hydrogen (secondary N) is 1. The van der Waals surface area contributed by atoms with Gasteiger partial charge in [0.1, 0.15) is 23.7 Å². The molecule has 3 aromatic carbocycles. The van der Waals surface area contributed by atoms with E-state index in [0.29, 0.717) is 22.2 Å². The number of ether oxygens (including phenoxy) is 2. The van der Waals surface area contributed by atoms with Gasteiger partial charge in [0.05, 0.1) is 36.1 Å². The van der Waals surface area contributed by atoms with Crippen LogP contribution < -0.4 is 26.3 Å². The fraction of sp³-hybridized carbons (Fsp3) is 0.324. The van der Waals surface area contributed by atoms with Crippen molar-refractivity contribution < 1.29 is 28.7 Å². The number of benzene rings is 3. The Balaban J connectivity index is 1.30. The van der Waals surface area contributed by atoms with Gasteiger partial charge in [-0.2, -0.15) is 5.01 Å². The van der Waals surface area contributed by atoms with Crippen LogP contribution >= 0.6 is 11.3 Å². The van der Waals surface area contributed by atoms with Gasteiger partial charge in [0.25, 0.3) is 0 Å². The van der Waals surface area contributed by atoms with E-state index in [9.17, 15) is 19.2 Å². The van der Waals surface area contributed by atoms with E-state index in [2.05, 4.69) is 16.9 Å². The van der Waals surface area contributed by atoms with Crippen molar-refractivity contribution >= 4 is 56.0 Å². The molecular formula is C37H42N8O6S. The summed E-state index contributed by atoms with van der Waals surface area (Å²) in [6.45, 7) is 7.55. The third kappa shape index (κ3) is 7.50. The predicted octanol–water partition coefficient (Wildman–Crippen LogP) is 3.56. The third-order valence-corrected chi connectivity index (χ3v) is 9.97. The fourth-order valence-electron chi connectivity index (χ4n) is 6.66. The zero-order chi connectivity index (χ0) is 37.1. The second kappa shape index (κ2) is 15.3. The van der Waals surface area contributed by atoms with E-state index in [1.54, 1.807) is 45.1 Å². The molecule has 0 unspecified atom stereocenters.